The summed E-state index contributed by atoms with van der Waals surface area (Å²) in [7, 11) is 1.61. The maximum absolute atomic E-state index is 12.9. The van der Waals surface area contributed by atoms with E-state index in [9.17, 15) is 4.79 Å². The van der Waals surface area contributed by atoms with E-state index in [1.54, 1.807) is 24.1 Å². The van der Waals surface area contributed by atoms with Crippen molar-refractivity contribution in [1.82, 2.24) is 19.7 Å². The Morgan fingerprint density at radius 3 is 2.73 bits per heavy atom. The van der Waals surface area contributed by atoms with Crippen molar-refractivity contribution < 1.29 is 19.0 Å². The number of methoxy groups -OCH3 is 1. The summed E-state index contributed by atoms with van der Waals surface area (Å²) in [6.45, 7) is 8.46. The lowest BCUT2D eigenvalue weighted by atomic mass is 10.1. The van der Waals surface area contributed by atoms with E-state index >= 15 is 0 Å². The highest BCUT2D eigenvalue weighted by molar-refractivity contribution is 7.13. The Morgan fingerprint density at radius 2 is 2.00 bits per heavy atom. The Hall–Kier alpha value is -3.46. The van der Waals surface area contributed by atoms with Crippen LogP contribution in [0, 0.1) is 6.92 Å². The first-order valence-corrected chi connectivity index (χ1v) is 11.6. The molecular formula is C24H26N4O4S. The Kier molecular flexibility index (Phi) is 6.60. The Morgan fingerprint density at radius 1 is 1.18 bits per heavy atom. The molecule has 0 saturated heterocycles. The first-order chi connectivity index (χ1) is 15.9. The van der Waals surface area contributed by atoms with Crippen LogP contribution in [-0.4, -0.2) is 39.4 Å². The van der Waals surface area contributed by atoms with E-state index in [2.05, 4.69) is 15.1 Å². The van der Waals surface area contributed by atoms with Crippen LogP contribution in [-0.2, 0) is 11.3 Å². The van der Waals surface area contributed by atoms with Crippen LogP contribution in [0.15, 0.2) is 35.8 Å². The third-order valence-electron chi connectivity index (χ3n) is 5.02. The van der Waals surface area contributed by atoms with Gasteiger partial charge < -0.3 is 14.2 Å². The monoisotopic (exact) mass is 466 g/mol. The van der Waals surface area contributed by atoms with Gasteiger partial charge in [-0.2, -0.15) is 5.10 Å². The number of aryl methyl sites for hydroxylation is 1. The molecular weight excluding hydrogens is 440 g/mol. The molecule has 8 nitrogen and oxygen atoms in total. The maximum atomic E-state index is 12.9. The van der Waals surface area contributed by atoms with Gasteiger partial charge in [0.25, 0.3) is 0 Å². The highest BCUT2D eigenvalue weighted by atomic mass is 32.1. The fourth-order valence-electron chi connectivity index (χ4n) is 3.49. The molecule has 0 fully saturated rings. The number of benzene rings is 1. The van der Waals surface area contributed by atoms with Gasteiger partial charge in [0.15, 0.2) is 17.1 Å². The minimum absolute atomic E-state index is 0.0741. The number of carbonyl (C=O) groups is 1. The summed E-state index contributed by atoms with van der Waals surface area (Å²) in [6.07, 6.45) is 1.67. The van der Waals surface area contributed by atoms with E-state index < -0.39 is 5.97 Å². The van der Waals surface area contributed by atoms with E-state index in [0.717, 1.165) is 16.3 Å². The zero-order valence-electron chi connectivity index (χ0n) is 19.3. The predicted molar refractivity (Wildman–Crippen MR) is 127 cm³/mol. The quantitative estimate of drug-likeness (QED) is 0.329. The van der Waals surface area contributed by atoms with Crippen LogP contribution < -0.4 is 9.47 Å². The SMILES string of the molecule is CCOc1ccc(-c2nc(COC(=O)c3cc(C)nc4c3cnn4C(C)C)cs2)cc1OC. The number of carbonyl (C=O) groups excluding carboxylic acids is 1. The lowest BCUT2D eigenvalue weighted by Crippen LogP contribution is -2.08. The molecule has 33 heavy (non-hydrogen) atoms. The average Bonchev–Trinajstić information content (AvgIpc) is 3.44. The molecule has 3 aromatic heterocycles. The summed E-state index contributed by atoms with van der Waals surface area (Å²) in [6, 6.07) is 7.56. The van der Waals surface area contributed by atoms with Gasteiger partial charge in [0.1, 0.15) is 11.6 Å². The number of hydrogen-bond acceptors (Lipinski definition) is 8. The topological polar surface area (TPSA) is 88.4 Å². The summed E-state index contributed by atoms with van der Waals surface area (Å²) < 4.78 is 18.4. The minimum atomic E-state index is -0.425. The first-order valence-electron chi connectivity index (χ1n) is 10.7. The van der Waals surface area contributed by atoms with Gasteiger partial charge in [-0.3, -0.25) is 0 Å². The van der Waals surface area contributed by atoms with Gasteiger partial charge >= 0.3 is 5.97 Å². The van der Waals surface area contributed by atoms with Gasteiger partial charge in [0.05, 0.1) is 36.6 Å². The second-order valence-electron chi connectivity index (χ2n) is 7.75. The molecule has 0 bridgehead atoms. The molecule has 0 saturated carbocycles. The molecule has 0 aliphatic carbocycles. The zero-order valence-corrected chi connectivity index (χ0v) is 20.1. The molecule has 4 rings (SSSR count). The molecule has 0 amide bonds. The van der Waals surface area contributed by atoms with Gasteiger partial charge in [0, 0.05) is 22.7 Å². The van der Waals surface area contributed by atoms with E-state index in [1.165, 1.54) is 11.3 Å². The van der Waals surface area contributed by atoms with Gasteiger partial charge in [-0.05, 0) is 52.0 Å². The summed E-state index contributed by atoms with van der Waals surface area (Å²) in [5.74, 6) is 0.914. The minimum Gasteiger partial charge on any atom is -0.493 e. The van der Waals surface area contributed by atoms with Gasteiger partial charge in [-0.1, -0.05) is 0 Å². The van der Waals surface area contributed by atoms with Crippen LogP contribution in [0.3, 0.4) is 0 Å². The summed E-state index contributed by atoms with van der Waals surface area (Å²) in [5, 5.41) is 7.76. The van der Waals surface area contributed by atoms with Crippen molar-refractivity contribution in [3.8, 4) is 22.1 Å². The fraction of sp³-hybridized carbons (Fsp3) is 0.333. The van der Waals surface area contributed by atoms with Crippen LogP contribution in [0.4, 0.5) is 0 Å². The lowest BCUT2D eigenvalue weighted by molar-refractivity contribution is 0.0470. The van der Waals surface area contributed by atoms with E-state index in [4.69, 9.17) is 14.2 Å². The summed E-state index contributed by atoms with van der Waals surface area (Å²) in [5.41, 5.74) is 3.45. The highest BCUT2D eigenvalue weighted by Crippen LogP contribution is 2.34. The first kappa shape index (κ1) is 22.7. The van der Waals surface area contributed by atoms with Crippen molar-refractivity contribution >= 4 is 28.3 Å². The maximum Gasteiger partial charge on any atom is 0.339 e. The average molecular weight is 467 g/mol. The molecule has 4 aromatic rings. The molecule has 3 heterocycles. The van der Waals surface area contributed by atoms with Crippen molar-refractivity contribution in [3.05, 3.63) is 52.8 Å². The number of nitrogens with zero attached hydrogens (tertiary/aromatic N) is 4. The van der Waals surface area contributed by atoms with Gasteiger partial charge in [-0.15, -0.1) is 11.3 Å². The Bertz CT molecular complexity index is 1300. The second-order valence-corrected chi connectivity index (χ2v) is 8.61. The smallest absolute Gasteiger partial charge is 0.339 e. The second kappa shape index (κ2) is 9.58. The largest absolute Gasteiger partial charge is 0.493 e. The summed E-state index contributed by atoms with van der Waals surface area (Å²) >= 11 is 1.48. The molecule has 172 valence electrons. The normalized spacial score (nSPS) is 11.2. The van der Waals surface area contributed by atoms with Crippen molar-refractivity contribution in [2.45, 2.75) is 40.3 Å². The van der Waals surface area contributed by atoms with Crippen molar-refractivity contribution in [3.63, 3.8) is 0 Å². The van der Waals surface area contributed by atoms with Crippen molar-refractivity contribution in [2.24, 2.45) is 0 Å². The number of esters is 1. The molecule has 0 atom stereocenters. The zero-order chi connectivity index (χ0) is 23.5. The van der Waals surface area contributed by atoms with Gasteiger partial charge in [-0.25, -0.2) is 19.4 Å². The van der Waals surface area contributed by atoms with E-state index in [0.29, 0.717) is 40.4 Å². The Labute approximate surface area is 196 Å². The number of pyridine rings is 1. The van der Waals surface area contributed by atoms with Crippen LogP contribution in [0.5, 0.6) is 11.5 Å². The molecule has 0 unspecified atom stereocenters. The van der Waals surface area contributed by atoms with Crippen LogP contribution in [0.25, 0.3) is 21.6 Å². The molecule has 9 heteroatoms. The third-order valence-corrected chi connectivity index (χ3v) is 5.96. The fourth-order valence-corrected chi connectivity index (χ4v) is 4.29. The van der Waals surface area contributed by atoms with Crippen LogP contribution in [0.2, 0.25) is 0 Å². The molecule has 0 radical (unpaired) electrons. The van der Waals surface area contributed by atoms with E-state index in [-0.39, 0.29) is 12.6 Å². The number of rotatable bonds is 8. The van der Waals surface area contributed by atoms with Crippen molar-refractivity contribution in [1.29, 1.82) is 0 Å². The molecule has 0 N–H and O–H groups in total. The number of aromatic nitrogens is 4. The standard InChI is InChI=1S/C24H26N4O4S/c1-6-31-20-8-7-16(10-21(20)30-5)23-27-17(13-33-23)12-32-24(29)18-9-15(4)26-22-19(18)11-25-28(22)14(2)3/h7-11,13-14H,6,12H2,1-5H3. The number of thiazole rings is 1. The summed E-state index contributed by atoms with van der Waals surface area (Å²) in [4.78, 5) is 22.1. The molecule has 0 spiro atoms. The number of hydrogen-bond donors (Lipinski definition) is 0. The van der Waals surface area contributed by atoms with Crippen LogP contribution in [0.1, 0.15) is 48.6 Å². The van der Waals surface area contributed by atoms with Gasteiger partial charge in [0.2, 0.25) is 0 Å². The molecule has 0 aliphatic heterocycles. The molecule has 1 aromatic carbocycles. The van der Waals surface area contributed by atoms with Crippen molar-refractivity contribution in [2.75, 3.05) is 13.7 Å². The molecule has 0 aliphatic rings. The van der Waals surface area contributed by atoms with Crippen LogP contribution >= 0.6 is 11.3 Å². The lowest BCUT2D eigenvalue weighted by Gasteiger charge is -2.10. The Balaban J connectivity index is 1.51. The number of fused-ring (bicyclic) bond motifs is 1. The predicted octanol–water partition coefficient (Wildman–Crippen LogP) is 5.21. The third kappa shape index (κ3) is 4.68. The van der Waals surface area contributed by atoms with E-state index in [1.807, 2.05) is 51.3 Å². The highest BCUT2D eigenvalue weighted by Gasteiger charge is 2.19. The number of ether oxygens (including phenoxy) is 3.